The Morgan fingerprint density at radius 3 is 2.07 bits per heavy atom. The van der Waals surface area contributed by atoms with E-state index in [4.69, 9.17) is 4.74 Å². The molecular weight excluding hydrogens is 536 g/mol. The molecule has 218 valence electrons. The highest BCUT2D eigenvalue weighted by Gasteiger charge is 2.45. The third-order valence-corrected chi connectivity index (χ3v) is 10.0. The van der Waals surface area contributed by atoms with E-state index in [1.807, 2.05) is 24.3 Å². The monoisotopic (exact) mass is 574 g/mol. The van der Waals surface area contributed by atoms with Crippen LogP contribution in [0.25, 0.3) is 32.3 Å². The Morgan fingerprint density at radius 2 is 1.32 bits per heavy atom. The van der Waals surface area contributed by atoms with Crippen molar-refractivity contribution >= 4 is 38.3 Å². The van der Waals surface area contributed by atoms with Gasteiger partial charge in [0.15, 0.2) is 0 Å². The molecule has 2 heteroatoms. The van der Waals surface area contributed by atoms with Crippen LogP contribution < -0.4 is 0 Å². The summed E-state index contributed by atoms with van der Waals surface area (Å²) in [6.07, 6.45) is 6.14. The minimum absolute atomic E-state index is 0.225. The zero-order valence-corrected chi connectivity index (χ0v) is 25.7. The molecule has 0 heterocycles. The maximum Gasteiger partial charge on any atom is 0.337 e. The van der Waals surface area contributed by atoms with Crippen molar-refractivity contribution in [1.82, 2.24) is 0 Å². The lowest BCUT2D eigenvalue weighted by atomic mass is 9.55. The minimum atomic E-state index is -0.301. The summed E-state index contributed by atoms with van der Waals surface area (Å²) in [4.78, 5) is 11.5. The number of methoxy groups -OCH3 is 1. The van der Waals surface area contributed by atoms with Gasteiger partial charge in [0.25, 0.3) is 0 Å². The van der Waals surface area contributed by atoms with E-state index >= 15 is 0 Å². The Bertz CT molecular complexity index is 2030. The number of allylic oxidation sites excluding steroid dienone is 2. The number of benzene rings is 6. The number of esters is 1. The molecule has 6 aromatic rings. The number of carbonyl (C=O) groups excluding carboxylic acids is 1. The molecule has 0 radical (unpaired) electrons. The van der Waals surface area contributed by atoms with E-state index < -0.39 is 0 Å². The molecule has 0 amide bonds. The summed E-state index contributed by atoms with van der Waals surface area (Å²) in [5.74, 6) is 0.815. The van der Waals surface area contributed by atoms with Gasteiger partial charge in [-0.2, -0.15) is 0 Å². The molecule has 0 N–H and O–H groups in total. The quantitative estimate of drug-likeness (QED) is 0.117. The first-order valence-electron chi connectivity index (χ1n) is 15.7. The highest BCUT2D eigenvalue weighted by Crippen LogP contribution is 2.58. The Hall–Kier alpha value is -4.69. The van der Waals surface area contributed by atoms with Crippen molar-refractivity contribution in [3.05, 3.63) is 155 Å². The van der Waals surface area contributed by atoms with Gasteiger partial charge in [-0.05, 0) is 104 Å². The first kappa shape index (κ1) is 28.1. The molecule has 0 aliphatic heterocycles. The summed E-state index contributed by atoms with van der Waals surface area (Å²) in [5, 5.41) is 7.40. The third-order valence-electron chi connectivity index (χ3n) is 10.0. The predicted molar refractivity (Wildman–Crippen MR) is 183 cm³/mol. The molecule has 0 saturated heterocycles. The second-order valence-corrected chi connectivity index (χ2v) is 12.8. The highest BCUT2D eigenvalue weighted by atomic mass is 16.5. The average Bonchev–Trinajstić information content (AvgIpc) is 3.07. The van der Waals surface area contributed by atoms with Crippen molar-refractivity contribution in [2.75, 3.05) is 7.11 Å². The fraction of sp³-hybridized carbons (Fsp3) is 0.214. The molecule has 6 aromatic carbocycles. The minimum Gasteiger partial charge on any atom is -0.465 e. The maximum absolute atomic E-state index is 11.5. The molecule has 44 heavy (non-hydrogen) atoms. The van der Waals surface area contributed by atoms with E-state index in [0.717, 1.165) is 10.8 Å². The van der Waals surface area contributed by atoms with Crippen LogP contribution in [-0.2, 0) is 11.2 Å². The highest BCUT2D eigenvalue weighted by molar-refractivity contribution is 6.01. The van der Waals surface area contributed by atoms with Gasteiger partial charge in [-0.25, -0.2) is 4.79 Å². The van der Waals surface area contributed by atoms with Crippen molar-refractivity contribution in [3.8, 4) is 0 Å². The zero-order chi connectivity index (χ0) is 30.3. The fourth-order valence-corrected chi connectivity index (χ4v) is 7.82. The van der Waals surface area contributed by atoms with Gasteiger partial charge < -0.3 is 4.74 Å². The standard InChI is InChI=1S/C26H26.C16H12O2/c1-26(2)24(19-9-4-3-5-10-19)17-14-20-13-15-22-21-11-7-6-8-18(21)12-16-23(22)25(20)26;1-18-16(17)14-7-6-13-8-11-4-2-3-5-12(11)9-15(13)10-14/h3-12,14,16,24-25H,13,15,17H2,1-2H3;2-10H,1H3. The number of fused-ring (bicyclic) bond motifs is 7. The van der Waals surface area contributed by atoms with Crippen molar-refractivity contribution in [2.45, 2.75) is 44.9 Å². The molecule has 0 saturated carbocycles. The van der Waals surface area contributed by atoms with E-state index in [9.17, 15) is 4.79 Å². The van der Waals surface area contributed by atoms with E-state index in [-0.39, 0.29) is 11.4 Å². The van der Waals surface area contributed by atoms with E-state index in [0.29, 0.717) is 17.4 Å². The lowest BCUT2D eigenvalue weighted by Crippen LogP contribution is -2.36. The fourth-order valence-electron chi connectivity index (χ4n) is 7.82. The molecule has 2 unspecified atom stereocenters. The first-order chi connectivity index (χ1) is 21.4. The summed E-state index contributed by atoms with van der Waals surface area (Å²) in [5.41, 5.74) is 7.13. The maximum atomic E-state index is 11.5. The second kappa shape index (κ2) is 11.4. The van der Waals surface area contributed by atoms with Crippen LogP contribution in [0.4, 0.5) is 0 Å². The van der Waals surface area contributed by atoms with E-state index in [2.05, 4.69) is 111 Å². The molecule has 0 bridgehead atoms. The molecular formula is C42H38O2. The largest absolute Gasteiger partial charge is 0.465 e. The molecule has 2 aliphatic rings. The van der Waals surface area contributed by atoms with Gasteiger partial charge in [-0.3, -0.25) is 0 Å². The van der Waals surface area contributed by atoms with Crippen molar-refractivity contribution in [1.29, 1.82) is 0 Å². The number of rotatable bonds is 2. The molecule has 0 aromatic heterocycles. The number of carbonyl (C=O) groups is 1. The van der Waals surface area contributed by atoms with E-state index in [1.54, 1.807) is 22.8 Å². The van der Waals surface area contributed by atoms with Gasteiger partial charge in [-0.1, -0.05) is 123 Å². The number of ether oxygens (including phenoxy) is 1. The molecule has 0 spiro atoms. The Labute approximate surface area is 260 Å². The van der Waals surface area contributed by atoms with Crippen LogP contribution in [0, 0.1) is 5.41 Å². The normalized spacial score (nSPS) is 18.5. The molecule has 2 atom stereocenters. The number of aryl methyl sites for hydroxylation is 1. The summed E-state index contributed by atoms with van der Waals surface area (Å²) < 4.78 is 4.73. The van der Waals surface area contributed by atoms with Crippen LogP contribution in [-0.4, -0.2) is 13.1 Å². The lowest BCUT2D eigenvalue weighted by molar-refractivity contribution is 0.0601. The van der Waals surface area contributed by atoms with Crippen LogP contribution in [0.5, 0.6) is 0 Å². The van der Waals surface area contributed by atoms with Gasteiger partial charge in [0.05, 0.1) is 12.7 Å². The molecule has 0 fully saturated rings. The SMILES string of the molecule is CC1(C)C(c2ccccc2)CC=C2CCc3c(ccc4ccccc34)C21.COC(=O)c1ccc2cc3ccccc3cc2c1. The first-order valence-corrected chi connectivity index (χ1v) is 15.7. The summed E-state index contributed by atoms with van der Waals surface area (Å²) in [6.45, 7) is 4.99. The number of hydrogen-bond acceptors (Lipinski definition) is 2. The van der Waals surface area contributed by atoms with Crippen molar-refractivity contribution in [3.63, 3.8) is 0 Å². The molecule has 2 aliphatic carbocycles. The van der Waals surface area contributed by atoms with Crippen molar-refractivity contribution in [2.24, 2.45) is 5.41 Å². The second-order valence-electron chi connectivity index (χ2n) is 12.8. The smallest absolute Gasteiger partial charge is 0.337 e. The Morgan fingerprint density at radius 1 is 0.682 bits per heavy atom. The van der Waals surface area contributed by atoms with Crippen LogP contribution in [0.3, 0.4) is 0 Å². The summed E-state index contributed by atoms with van der Waals surface area (Å²) in [6, 6.07) is 42.8. The molecule has 8 rings (SSSR count). The third kappa shape index (κ3) is 4.99. The average molecular weight is 575 g/mol. The zero-order valence-electron chi connectivity index (χ0n) is 25.7. The summed E-state index contributed by atoms with van der Waals surface area (Å²) >= 11 is 0. The Balaban J connectivity index is 0.000000152. The van der Waals surface area contributed by atoms with Gasteiger partial charge >= 0.3 is 5.97 Å². The van der Waals surface area contributed by atoms with Gasteiger partial charge in [0.1, 0.15) is 0 Å². The van der Waals surface area contributed by atoms with Crippen LogP contribution >= 0.6 is 0 Å². The predicted octanol–water partition coefficient (Wildman–Crippen LogP) is 10.8. The number of hydrogen-bond donors (Lipinski definition) is 0. The Kier molecular flexibility index (Phi) is 7.30. The topological polar surface area (TPSA) is 26.3 Å². The van der Waals surface area contributed by atoms with Crippen LogP contribution in [0.15, 0.2) is 133 Å². The van der Waals surface area contributed by atoms with Gasteiger partial charge in [0, 0.05) is 5.92 Å². The van der Waals surface area contributed by atoms with Crippen LogP contribution in [0.2, 0.25) is 0 Å². The van der Waals surface area contributed by atoms with Gasteiger partial charge in [0.2, 0.25) is 0 Å². The van der Waals surface area contributed by atoms with Crippen LogP contribution in [0.1, 0.15) is 65.6 Å². The van der Waals surface area contributed by atoms with E-state index in [1.165, 1.54) is 53.5 Å². The van der Waals surface area contributed by atoms with Gasteiger partial charge in [-0.15, -0.1) is 0 Å². The summed E-state index contributed by atoms with van der Waals surface area (Å²) in [7, 11) is 1.40. The van der Waals surface area contributed by atoms with Crippen molar-refractivity contribution < 1.29 is 9.53 Å². The lowest BCUT2D eigenvalue weighted by Gasteiger charge is -2.48. The molecule has 2 nitrogen and oxygen atoms in total.